The summed E-state index contributed by atoms with van der Waals surface area (Å²) in [6, 6.07) is 0. The molecule has 0 aromatic carbocycles. The molecule has 1 heterocycles. The molecule has 4 heteroatoms. The summed E-state index contributed by atoms with van der Waals surface area (Å²) in [5, 5.41) is 11.0. The van der Waals surface area contributed by atoms with Crippen LogP contribution in [0.2, 0.25) is 0 Å². The number of aliphatic hydroxyl groups is 1. The van der Waals surface area contributed by atoms with Gasteiger partial charge in [0.05, 0.1) is 18.1 Å². The van der Waals surface area contributed by atoms with Gasteiger partial charge in [-0.05, 0) is 19.8 Å². The number of hydrogen-bond acceptors (Lipinski definition) is 4. The molecular formula is C12H22O3S. The maximum Gasteiger partial charge on any atom is 0.311 e. The molecule has 0 aromatic heterocycles. The van der Waals surface area contributed by atoms with Gasteiger partial charge in [-0.15, -0.1) is 0 Å². The Bertz CT molecular complexity index is 244. The molecule has 0 saturated carbocycles. The normalized spacial score (nSPS) is 31.4. The molecule has 1 aliphatic rings. The van der Waals surface area contributed by atoms with Crippen LogP contribution < -0.4 is 0 Å². The Labute approximate surface area is 102 Å². The van der Waals surface area contributed by atoms with Gasteiger partial charge in [-0.1, -0.05) is 20.3 Å². The van der Waals surface area contributed by atoms with Crippen molar-refractivity contribution in [1.82, 2.24) is 0 Å². The molecule has 1 N–H and O–H groups in total. The molecule has 1 aliphatic heterocycles. The topological polar surface area (TPSA) is 46.5 Å². The van der Waals surface area contributed by atoms with Crippen LogP contribution in [0.5, 0.6) is 0 Å². The highest BCUT2D eigenvalue weighted by molar-refractivity contribution is 8.00. The lowest BCUT2D eigenvalue weighted by atomic mass is 9.82. The predicted molar refractivity (Wildman–Crippen MR) is 66.5 cm³/mol. The Kier molecular flexibility index (Phi) is 5.12. The molecule has 0 radical (unpaired) electrons. The lowest BCUT2D eigenvalue weighted by Gasteiger charge is -2.30. The lowest BCUT2D eigenvalue weighted by molar-refractivity contribution is -0.157. The monoisotopic (exact) mass is 246 g/mol. The molecule has 3 nitrogen and oxygen atoms in total. The van der Waals surface area contributed by atoms with Gasteiger partial charge in [-0.2, -0.15) is 11.8 Å². The van der Waals surface area contributed by atoms with Gasteiger partial charge >= 0.3 is 5.97 Å². The van der Waals surface area contributed by atoms with Gasteiger partial charge in [0.2, 0.25) is 0 Å². The fourth-order valence-electron chi connectivity index (χ4n) is 2.28. The third-order valence-electron chi connectivity index (χ3n) is 3.06. The molecule has 0 spiro atoms. The highest BCUT2D eigenvalue weighted by atomic mass is 32.2. The Hall–Kier alpha value is -0.220. The largest absolute Gasteiger partial charge is 0.466 e. The van der Waals surface area contributed by atoms with Crippen molar-refractivity contribution in [2.45, 2.75) is 50.9 Å². The molecule has 1 fully saturated rings. The van der Waals surface area contributed by atoms with Crippen molar-refractivity contribution >= 4 is 17.7 Å². The lowest BCUT2D eigenvalue weighted by Crippen LogP contribution is -2.43. The maximum absolute atomic E-state index is 11.8. The zero-order valence-electron chi connectivity index (χ0n) is 10.4. The SMILES string of the molecule is CCCC(C(=O)OCC)C1(O)CSC(C)C1. The molecule has 1 rings (SSSR count). The van der Waals surface area contributed by atoms with Crippen LogP contribution >= 0.6 is 11.8 Å². The zero-order valence-corrected chi connectivity index (χ0v) is 11.2. The molecule has 16 heavy (non-hydrogen) atoms. The van der Waals surface area contributed by atoms with E-state index in [2.05, 4.69) is 6.92 Å². The summed E-state index contributed by atoms with van der Waals surface area (Å²) in [7, 11) is 0. The molecule has 0 aromatic rings. The smallest absolute Gasteiger partial charge is 0.311 e. The first-order valence-electron chi connectivity index (χ1n) is 6.04. The first-order valence-corrected chi connectivity index (χ1v) is 7.09. The van der Waals surface area contributed by atoms with Gasteiger partial charge in [-0.25, -0.2) is 0 Å². The zero-order chi connectivity index (χ0) is 12.2. The average molecular weight is 246 g/mol. The van der Waals surface area contributed by atoms with E-state index in [4.69, 9.17) is 4.74 Å². The van der Waals surface area contributed by atoms with Gasteiger partial charge < -0.3 is 9.84 Å². The minimum atomic E-state index is -0.855. The van der Waals surface area contributed by atoms with Crippen molar-refractivity contribution in [3.8, 4) is 0 Å². The van der Waals surface area contributed by atoms with Crippen LogP contribution in [0.4, 0.5) is 0 Å². The second kappa shape index (κ2) is 5.92. The van der Waals surface area contributed by atoms with Crippen LogP contribution in [0, 0.1) is 5.92 Å². The number of esters is 1. The van der Waals surface area contributed by atoms with E-state index in [9.17, 15) is 9.90 Å². The summed E-state index contributed by atoms with van der Waals surface area (Å²) < 4.78 is 5.06. The number of rotatable bonds is 5. The molecule has 0 bridgehead atoms. The van der Waals surface area contributed by atoms with Crippen molar-refractivity contribution in [2.24, 2.45) is 5.92 Å². The van der Waals surface area contributed by atoms with Crippen LogP contribution in [0.25, 0.3) is 0 Å². The summed E-state index contributed by atoms with van der Waals surface area (Å²) >= 11 is 1.74. The van der Waals surface area contributed by atoms with Crippen molar-refractivity contribution < 1.29 is 14.6 Å². The fourth-order valence-corrected chi connectivity index (χ4v) is 3.58. The van der Waals surface area contributed by atoms with E-state index >= 15 is 0 Å². The third-order valence-corrected chi connectivity index (χ3v) is 4.46. The van der Waals surface area contributed by atoms with E-state index in [1.807, 2.05) is 6.92 Å². The quantitative estimate of drug-likeness (QED) is 0.756. The Morgan fingerprint density at radius 1 is 1.62 bits per heavy atom. The van der Waals surface area contributed by atoms with Crippen LogP contribution in [-0.2, 0) is 9.53 Å². The van der Waals surface area contributed by atoms with E-state index in [0.717, 1.165) is 6.42 Å². The molecule has 0 amide bonds. The number of carbonyl (C=O) groups is 1. The van der Waals surface area contributed by atoms with Gasteiger partial charge in [-0.3, -0.25) is 4.79 Å². The number of thioether (sulfide) groups is 1. The van der Waals surface area contributed by atoms with Crippen molar-refractivity contribution in [1.29, 1.82) is 0 Å². The maximum atomic E-state index is 11.8. The van der Waals surface area contributed by atoms with E-state index in [1.54, 1.807) is 18.7 Å². The number of ether oxygens (including phenoxy) is 1. The van der Waals surface area contributed by atoms with E-state index in [1.165, 1.54) is 0 Å². The molecule has 1 saturated heterocycles. The standard InChI is InChI=1S/C12H22O3S/c1-4-6-10(11(13)15-5-2)12(14)7-9(3)16-8-12/h9-10,14H,4-8H2,1-3H3. The Morgan fingerprint density at radius 2 is 2.31 bits per heavy atom. The Balaban J connectivity index is 2.72. The molecule has 0 aliphatic carbocycles. The van der Waals surface area contributed by atoms with Crippen molar-refractivity contribution in [2.75, 3.05) is 12.4 Å². The van der Waals surface area contributed by atoms with E-state index in [-0.39, 0.29) is 11.9 Å². The molecule has 94 valence electrons. The van der Waals surface area contributed by atoms with Crippen LogP contribution in [-0.4, -0.2) is 34.3 Å². The van der Waals surface area contributed by atoms with Crippen molar-refractivity contribution in [3.63, 3.8) is 0 Å². The van der Waals surface area contributed by atoms with Crippen LogP contribution in [0.3, 0.4) is 0 Å². The van der Waals surface area contributed by atoms with Crippen molar-refractivity contribution in [3.05, 3.63) is 0 Å². The second-order valence-corrected chi connectivity index (χ2v) is 5.95. The fraction of sp³-hybridized carbons (Fsp3) is 0.917. The third kappa shape index (κ3) is 3.14. The minimum absolute atomic E-state index is 0.235. The highest BCUT2D eigenvalue weighted by Gasteiger charge is 2.46. The minimum Gasteiger partial charge on any atom is -0.466 e. The summed E-state index contributed by atoms with van der Waals surface area (Å²) in [6.45, 7) is 6.31. The van der Waals surface area contributed by atoms with E-state index in [0.29, 0.717) is 30.5 Å². The number of hydrogen-bond donors (Lipinski definition) is 1. The first kappa shape index (κ1) is 13.8. The van der Waals surface area contributed by atoms with Gasteiger partial charge in [0, 0.05) is 11.0 Å². The van der Waals surface area contributed by atoms with Crippen LogP contribution in [0.1, 0.15) is 40.0 Å². The summed E-state index contributed by atoms with van der Waals surface area (Å²) in [6.07, 6.45) is 2.30. The van der Waals surface area contributed by atoms with E-state index < -0.39 is 5.60 Å². The molecule has 3 unspecified atom stereocenters. The Morgan fingerprint density at radius 3 is 2.75 bits per heavy atom. The molecular weight excluding hydrogens is 224 g/mol. The molecule has 3 atom stereocenters. The predicted octanol–water partition coefficient (Wildman–Crippen LogP) is 2.22. The summed E-state index contributed by atoms with van der Waals surface area (Å²) in [5.41, 5.74) is -0.855. The van der Waals surface area contributed by atoms with Gasteiger partial charge in [0.1, 0.15) is 0 Å². The first-order chi connectivity index (χ1) is 7.53. The summed E-state index contributed by atoms with van der Waals surface area (Å²) in [4.78, 5) is 11.8. The number of carbonyl (C=O) groups excluding carboxylic acids is 1. The highest BCUT2D eigenvalue weighted by Crippen LogP contribution is 2.41. The average Bonchev–Trinajstić information content (AvgIpc) is 2.56. The van der Waals surface area contributed by atoms with Gasteiger partial charge in [0.25, 0.3) is 0 Å². The van der Waals surface area contributed by atoms with Gasteiger partial charge in [0.15, 0.2) is 0 Å². The second-order valence-electron chi connectivity index (χ2n) is 4.52. The summed E-state index contributed by atoms with van der Waals surface area (Å²) in [5.74, 6) is 0.0638. The van der Waals surface area contributed by atoms with Crippen LogP contribution in [0.15, 0.2) is 0 Å².